The molecule has 0 saturated heterocycles. The molecule has 0 fully saturated rings. The highest BCUT2D eigenvalue weighted by Crippen LogP contribution is 2.30. The Hall–Kier alpha value is -1.56. The lowest BCUT2D eigenvalue weighted by molar-refractivity contribution is -0.137. The van der Waals surface area contributed by atoms with E-state index in [0.29, 0.717) is 18.4 Å². The highest BCUT2D eigenvalue weighted by Gasteiger charge is 2.32. The number of carbonyl (C=O) groups excluding carboxylic acids is 1. The summed E-state index contributed by atoms with van der Waals surface area (Å²) in [5, 5.41) is 2.69. The van der Waals surface area contributed by atoms with Crippen LogP contribution in [0.25, 0.3) is 0 Å². The number of amides is 1. The van der Waals surface area contributed by atoms with E-state index in [0.717, 1.165) is 12.1 Å². The van der Waals surface area contributed by atoms with Gasteiger partial charge in [0.2, 0.25) is 5.91 Å². The van der Waals surface area contributed by atoms with Crippen LogP contribution >= 0.6 is 0 Å². The van der Waals surface area contributed by atoms with Crippen LogP contribution in [-0.2, 0) is 11.0 Å². The molecular weight excluding hydrogens is 281 g/mol. The number of benzene rings is 1. The van der Waals surface area contributed by atoms with Gasteiger partial charge in [-0.3, -0.25) is 4.79 Å². The summed E-state index contributed by atoms with van der Waals surface area (Å²) in [7, 11) is 0. The van der Waals surface area contributed by atoms with E-state index < -0.39 is 23.3 Å². The molecule has 1 unspecified atom stereocenters. The van der Waals surface area contributed by atoms with E-state index in [2.05, 4.69) is 5.32 Å². The first-order chi connectivity index (χ1) is 9.64. The second-order valence-electron chi connectivity index (χ2n) is 5.18. The van der Waals surface area contributed by atoms with Crippen molar-refractivity contribution in [3.8, 4) is 0 Å². The van der Waals surface area contributed by atoms with Crippen molar-refractivity contribution in [1.82, 2.24) is 5.32 Å². The molecule has 0 aliphatic rings. The predicted octanol–water partition coefficient (Wildman–Crippen LogP) is 3.40. The van der Waals surface area contributed by atoms with Gasteiger partial charge in [0.05, 0.1) is 17.1 Å². The second-order valence-corrected chi connectivity index (χ2v) is 5.18. The smallest absolute Gasteiger partial charge is 0.348 e. The number of nitrogens with one attached hydrogen (secondary N) is 1. The van der Waals surface area contributed by atoms with Crippen molar-refractivity contribution in [2.45, 2.75) is 51.4 Å². The van der Waals surface area contributed by atoms with Gasteiger partial charge in [-0.05, 0) is 37.5 Å². The molecule has 0 aliphatic heterocycles. The molecule has 0 radical (unpaired) electrons. The lowest BCUT2D eigenvalue weighted by Gasteiger charge is -2.27. The minimum Gasteiger partial charge on any atom is -0.348 e. The third-order valence-corrected chi connectivity index (χ3v) is 3.78. The lowest BCUT2D eigenvalue weighted by atomic mass is 9.92. The molecule has 0 heterocycles. The van der Waals surface area contributed by atoms with Crippen LogP contribution in [0.4, 0.5) is 13.2 Å². The molecule has 0 aliphatic carbocycles. The van der Waals surface area contributed by atoms with Crippen LogP contribution in [-0.4, -0.2) is 11.4 Å². The molecular formula is C15H21F3N2O. The van der Waals surface area contributed by atoms with Gasteiger partial charge in [0, 0.05) is 0 Å². The Morgan fingerprint density at radius 3 is 2.33 bits per heavy atom. The van der Waals surface area contributed by atoms with Crippen molar-refractivity contribution >= 4 is 5.91 Å². The molecule has 1 rings (SSSR count). The Balaban J connectivity index is 2.90. The minimum absolute atomic E-state index is 0.350. The van der Waals surface area contributed by atoms with Crippen molar-refractivity contribution in [2.24, 2.45) is 5.73 Å². The van der Waals surface area contributed by atoms with Crippen molar-refractivity contribution in [2.75, 3.05) is 0 Å². The van der Waals surface area contributed by atoms with E-state index in [1.54, 1.807) is 26.8 Å². The van der Waals surface area contributed by atoms with Crippen LogP contribution in [0.5, 0.6) is 0 Å². The van der Waals surface area contributed by atoms with Crippen LogP contribution in [0.2, 0.25) is 0 Å². The topological polar surface area (TPSA) is 55.1 Å². The summed E-state index contributed by atoms with van der Waals surface area (Å²) in [5.74, 6) is -0.350. The molecule has 21 heavy (non-hydrogen) atoms. The zero-order valence-corrected chi connectivity index (χ0v) is 12.4. The van der Waals surface area contributed by atoms with Gasteiger partial charge in [-0.2, -0.15) is 13.2 Å². The fourth-order valence-electron chi connectivity index (χ4n) is 1.98. The Morgan fingerprint density at radius 2 is 1.86 bits per heavy atom. The summed E-state index contributed by atoms with van der Waals surface area (Å²) >= 11 is 0. The van der Waals surface area contributed by atoms with Crippen LogP contribution in [0.15, 0.2) is 24.3 Å². The standard InChI is InChI=1S/C15H21F3N2O/c1-4-14(19,5-2)13(21)20-10(3)11-7-6-8-12(9-11)15(16,17)18/h6-10H,4-5,19H2,1-3H3,(H,20,21). The van der Waals surface area contributed by atoms with Crippen LogP contribution in [0.3, 0.4) is 0 Å². The highest BCUT2D eigenvalue weighted by molar-refractivity contribution is 5.86. The minimum atomic E-state index is -4.40. The van der Waals surface area contributed by atoms with Crippen molar-refractivity contribution in [3.63, 3.8) is 0 Å². The van der Waals surface area contributed by atoms with Crippen LogP contribution in [0.1, 0.15) is 50.8 Å². The summed E-state index contributed by atoms with van der Waals surface area (Å²) in [5.41, 5.74) is 4.65. The Kier molecular flexibility index (Phi) is 5.39. The van der Waals surface area contributed by atoms with E-state index in [4.69, 9.17) is 5.73 Å². The van der Waals surface area contributed by atoms with Crippen LogP contribution < -0.4 is 11.1 Å². The molecule has 0 bridgehead atoms. The summed E-state index contributed by atoms with van der Waals surface area (Å²) in [6, 6.07) is 4.39. The molecule has 1 atom stereocenters. The van der Waals surface area contributed by atoms with E-state index in [-0.39, 0.29) is 5.91 Å². The van der Waals surface area contributed by atoms with Crippen LogP contribution in [0, 0.1) is 0 Å². The molecule has 0 aromatic heterocycles. The van der Waals surface area contributed by atoms with Gasteiger partial charge in [0.1, 0.15) is 0 Å². The van der Waals surface area contributed by atoms with E-state index >= 15 is 0 Å². The molecule has 6 heteroatoms. The normalized spacial score (nSPS) is 13.9. The van der Waals surface area contributed by atoms with E-state index in [1.165, 1.54) is 6.07 Å². The number of hydrogen-bond donors (Lipinski definition) is 2. The Morgan fingerprint density at radius 1 is 1.29 bits per heavy atom. The summed E-state index contributed by atoms with van der Waals surface area (Å²) in [6.07, 6.45) is -3.47. The Labute approximate surface area is 122 Å². The molecule has 0 spiro atoms. The van der Waals surface area contributed by atoms with Gasteiger partial charge in [0.25, 0.3) is 0 Å². The monoisotopic (exact) mass is 302 g/mol. The number of halogens is 3. The third kappa shape index (κ3) is 4.20. The average Bonchev–Trinajstić information content (AvgIpc) is 2.45. The largest absolute Gasteiger partial charge is 0.416 e. The molecule has 1 aromatic rings. The zero-order chi connectivity index (χ0) is 16.3. The number of nitrogens with two attached hydrogens (primary N) is 1. The second kappa shape index (κ2) is 6.47. The van der Waals surface area contributed by atoms with Gasteiger partial charge in [-0.1, -0.05) is 26.0 Å². The summed E-state index contributed by atoms with van der Waals surface area (Å²) in [6.45, 7) is 5.25. The zero-order valence-electron chi connectivity index (χ0n) is 12.4. The first kappa shape index (κ1) is 17.5. The predicted molar refractivity (Wildman–Crippen MR) is 75.5 cm³/mol. The maximum Gasteiger partial charge on any atom is 0.416 e. The summed E-state index contributed by atoms with van der Waals surface area (Å²) in [4.78, 5) is 12.1. The number of alkyl halides is 3. The van der Waals surface area contributed by atoms with Crippen molar-refractivity contribution in [3.05, 3.63) is 35.4 Å². The van der Waals surface area contributed by atoms with Gasteiger partial charge < -0.3 is 11.1 Å². The number of hydrogen-bond acceptors (Lipinski definition) is 2. The van der Waals surface area contributed by atoms with Gasteiger partial charge in [0.15, 0.2) is 0 Å². The molecule has 1 aromatic carbocycles. The summed E-state index contributed by atoms with van der Waals surface area (Å²) < 4.78 is 38.1. The van der Waals surface area contributed by atoms with Crippen molar-refractivity contribution in [1.29, 1.82) is 0 Å². The lowest BCUT2D eigenvalue weighted by Crippen LogP contribution is -2.53. The average molecular weight is 302 g/mol. The molecule has 3 N–H and O–H groups in total. The maximum atomic E-state index is 12.7. The highest BCUT2D eigenvalue weighted by atomic mass is 19.4. The molecule has 118 valence electrons. The molecule has 0 saturated carbocycles. The van der Waals surface area contributed by atoms with Gasteiger partial charge in [-0.15, -0.1) is 0 Å². The fraction of sp³-hybridized carbons (Fsp3) is 0.533. The van der Waals surface area contributed by atoms with E-state index in [9.17, 15) is 18.0 Å². The van der Waals surface area contributed by atoms with Gasteiger partial charge in [-0.25, -0.2) is 0 Å². The molecule has 1 amide bonds. The maximum absolute atomic E-state index is 12.7. The number of carbonyl (C=O) groups is 1. The van der Waals surface area contributed by atoms with Gasteiger partial charge >= 0.3 is 6.18 Å². The van der Waals surface area contributed by atoms with E-state index in [1.807, 2.05) is 0 Å². The Bertz CT molecular complexity index is 496. The molecule has 3 nitrogen and oxygen atoms in total. The first-order valence-corrected chi connectivity index (χ1v) is 6.91. The SMILES string of the molecule is CCC(N)(CC)C(=O)NC(C)c1cccc(C(F)(F)F)c1. The fourth-order valence-corrected chi connectivity index (χ4v) is 1.98. The third-order valence-electron chi connectivity index (χ3n) is 3.78. The first-order valence-electron chi connectivity index (χ1n) is 6.91. The number of rotatable bonds is 5. The van der Waals surface area contributed by atoms with Crippen molar-refractivity contribution < 1.29 is 18.0 Å². The quantitative estimate of drug-likeness (QED) is 0.876.